The third-order valence-corrected chi connectivity index (χ3v) is 3.79. The maximum atomic E-state index is 5.87. The molecule has 1 aromatic heterocycles. The van der Waals surface area contributed by atoms with Crippen molar-refractivity contribution in [2.45, 2.75) is 32.4 Å². The molecule has 0 amide bonds. The van der Waals surface area contributed by atoms with Crippen LogP contribution >= 0.6 is 23.7 Å². The van der Waals surface area contributed by atoms with Gasteiger partial charge >= 0.3 is 0 Å². The van der Waals surface area contributed by atoms with Gasteiger partial charge < -0.3 is 5.73 Å². The molecule has 1 saturated heterocycles. The van der Waals surface area contributed by atoms with Gasteiger partial charge in [0.25, 0.3) is 0 Å². The first-order valence-electron chi connectivity index (χ1n) is 5.27. The molecule has 0 saturated carbocycles. The average Bonchev–Trinajstić information content (AvgIpc) is 2.56. The monoisotopic (exact) mass is 246 g/mol. The molecule has 0 spiro atoms. The smallest absolute Gasteiger partial charge is 0.0328 e. The molecule has 1 aliphatic heterocycles. The van der Waals surface area contributed by atoms with Gasteiger partial charge in [-0.2, -0.15) is 0 Å². The Labute approximate surface area is 102 Å². The van der Waals surface area contributed by atoms with Crippen molar-refractivity contribution in [1.82, 2.24) is 4.90 Å². The van der Waals surface area contributed by atoms with Crippen molar-refractivity contribution in [2.24, 2.45) is 5.73 Å². The first kappa shape index (κ1) is 13.0. The van der Waals surface area contributed by atoms with Gasteiger partial charge in [0.15, 0.2) is 0 Å². The first-order valence-corrected chi connectivity index (χ1v) is 6.09. The lowest BCUT2D eigenvalue weighted by Crippen LogP contribution is -2.39. The largest absolute Gasteiger partial charge is 0.328 e. The van der Waals surface area contributed by atoms with Crippen LogP contribution < -0.4 is 5.73 Å². The number of halogens is 1. The molecule has 2 rings (SSSR count). The summed E-state index contributed by atoms with van der Waals surface area (Å²) in [6.45, 7) is 5.61. The van der Waals surface area contributed by atoms with Crippen molar-refractivity contribution in [3.05, 3.63) is 21.9 Å². The molecule has 2 heterocycles. The Morgan fingerprint density at radius 1 is 1.40 bits per heavy atom. The summed E-state index contributed by atoms with van der Waals surface area (Å²) in [6, 6.07) is 4.89. The van der Waals surface area contributed by atoms with E-state index in [0.29, 0.717) is 6.04 Å². The fourth-order valence-corrected chi connectivity index (χ4v) is 2.83. The van der Waals surface area contributed by atoms with Crippen molar-refractivity contribution < 1.29 is 0 Å². The van der Waals surface area contributed by atoms with Gasteiger partial charge in [-0.05, 0) is 45.0 Å². The Balaban J connectivity index is 0.00000112. The second-order valence-electron chi connectivity index (χ2n) is 4.13. The van der Waals surface area contributed by atoms with Gasteiger partial charge in [-0.1, -0.05) is 0 Å². The highest BCUT2D eigenvalue weighted by Crippen LogP contribution is 2.19. The van der Waals surface area contributed by atoms with Gasteiger partial charge in [0.2, 0.25) is 0 Å². The van der Waals surface area contributed by atoms with Crippen molar-refractivity contribution in [3.63, 3.8) is 0 Å². The average molecular weight is 247 g/mol. The Kier molecular flexibility index (Phi) is 5.06. The van der Waals surface area contributed by atoms with E-state index in [9.17, 15) is 0 Å². The van der Waals surface area contributed by atoms with E-state index >= 15 is 0 Å². The van der Waals surface area contributed by atoms with Gasteiger partial charge in [0.05, 0.1) is 0 Å². The van der Waals surface area contributed by atoms with E-state index in [1.807, 2.05) is 11.3 Å². The summed E-state index contributed by atoms with van der Waals surface area (Å²) >= 11 is 1.91. The lowest BCUT2D eigenvalue weighted by molar-refractivity contribution is 0.207. The second kappa shape index (κ2) is 5.85. The highest BCUT2D eigenvalue weighted by molar-refractivity contribution is 7.11. The molecule has 0 bridgehead atoms. The number of nitrogens with zero attached hydrogens (tertiary/aromatic N) is 1. The maximum absolute atomic E-state index is 5.87. The lowest BCUT2D eigenvalue weighted by Gasteiger charge is -2.29. The molecule has 4 heteroatoms. The summed E-state index contributed by atoms with van der Waals surface area (Å²) in [6.07, 6.45) is 2.31. The summed E-state index contributed by atoms with van der Waals surface area (Å²) in [5.41, 5.74) is 5.87. The van der Waals surface area contributed by atoms with Crippen LogP contribution in [-0.2, 0) is 6.54 Å². The molecule has 1 fully saturated rings. The molecule has 15 heavy (non-hydrogen) atoms. The van der Waals surface area contributed by atoms with E-state index in [-0.39, 0.29) is 12.4 Å². The van der Waals surface area contributed by atoms with Crippen LogP contribution in [0.2, 0.25) is 0 Å². The molecule has 2 nitrogen and oxygen atoms in total. The number of rotatable bonds is 2. The molecule has 0 atom stereocenters. The van der Waals surface area contributed by atoms with Crippen molar-refractivity contribution >= 4 is 23.7 Å². The maximum Gasteiger partial charge on any atom is 0.0328 e. The van der Waals surface area contributed by atoms with Crippen LogP contribution in [0.4, 0.5) is 0 Å². The Morgan fingerprint density at radius 2 is 2.07 bits per heavy atom. The number of piperidine rings is 1. The standard InChI is InChI=1S/C11H18N2S.ClH/c1-9-2-3-11(14-9)8-13-6-4-10(12)5-7-13;/h2-3,10H,4-8,12H2,1H3;1H. The summed E-state index contributed by atoms with van der Waals surface area (Å²) in [5, 5.41) is 0. The molecule has 2 N–H and O–H groups in total. The van der Waals surface area contributed by atoms with Crippen LogP contribution in [0, 0.1) is 6.92 Å². The zero-order valence-corrected chi connectivity index (χ0v) is 10.7. The van der Waals surface area contributed by atoms with Crippen LogP contribution in [0.25, 0.3) is 0 Å². The van der Waals surface area contributed by atoms with E-state index in [1.54, 1.807) is 0 Å². The fourth-order valence-electron chi connectivity index (χ4n) is 1.90. The zero-order chi connectivity index (χ0) is 9.97. The topological polar surface area (TPSA) is 29.3 Å². The van der Waals surface area contributed by atoms with Crippen LogP contribution in [0.3, 0.4) is 0 Å². The number of thiophene rings is 1. The van der Waals surface area contributed by atoms with E-state index in [1.165, 1.54) is 9.75 Å². The Hall–Kier alpha value is -0.0900. The Morgan fingerprint density at radius 3 is 2.60 bits per heavy atom. The SMILES string of the molecule is Cc1ccc(CN2CCC(N)CC2)s1.Cl. The van der Waals surface area contributed by atoms with E-state index in [0.717, 1.165) is 32.5 Å². The van der Waals surface area contributed by atoms with Crippen LogP contribution in [-0.4, -0.2) is 24.0 Å². The molecule has 0 aliphatic carbocycles. The van der Waals surface area contributed by atoms with Crippen molar-refractivity contribution in [3.8, 4) is 0 Å². The number of hydrogen-bond donors (Lipinski definition) is 1. The highest BCUT2D eigenvalue weighted by Gasteiger charge is 2.16. The number of aryl methyl sites for hydroxylation is 1. The molecule has 0 radical (unpaired) electrons. The van der Waals surface area contributed by atoms with Crippen molar-refractivity contribution in [1.29, 1.82) is 0 Å². The van der Waals surface area contributed by atoms with Crippen LogP contribution in [0.15, 0.2) is 12.1 Å². The fraction of sp³-hybridized carbons (Fsp3) is 0.636. The molecule has 86 valence electrons. The third kappa shape index (κ3) is 3.76. The van der Waals surface area contributed by atoms with Gasteiger partial charge in [-0.15, -0.1) is 23.7 Å². The third-order valence-electron chi connectivity index (χ3n) is 2.81. The predicted octanol–water partition coefficient (Wildman–Crippen LogP) is 2.40. The van der Waals surface area contributed by atoms with E-state index in [4.69, 9.17) is 5.73 Å². The summed E-state index contributed by atoms with van der Waals surface area (Å²) < 4.78 is 0. The van der Waals surface area contributed by atoms with Gasteiger partial charge in [-0.3, -0.25) is 4.90 Å². The summed E-state index contributed by atoms with van der Waals surface area (Å²) in [7, 11) is 0. The van der Waals surface area contributed by atoms with Gasteiger partial charge in [0, 0.05) is 22.3 Å². The summed E-state index contributed by atoms with van der Waals surface area (Å²) in [4.78, 5) is 5.40. The minimum absolute atomic E-state index is 0. The number of likely N-dealkylation sites (tertiary alicyclic amines) is 1. The minimum atomic E-state index is 0. The Bertz CT molecular complexity index is 293. The molecule has 1 aromatic rings. The first-order chi connectivity index (χ1) is 6.74. The van der Waals surface area contributed by atoms with Gasteiger partial charge in [-0.25, -0.2) is 0 Å². The predicted molar refractivity (Wildman–Crippen MR) is 68.8 cm³/mol. The summed E-state index contributed by atoms with van der Waals surface area (Å²) in [5.74, 6) is 0. The quantitative estimate of drug-likeness (QED) is 0.869. The molecule has 0 unspecified atom stereocenters. The zero-order valence-electron chi connectivity index (χ0n) is 9.11. The minimum Gasteiger partial charge on any atom is -0.328 e. The van der Waals surface area contributed by atoms with Crippen molar-refractivity contribution in [2.75, 3.05) is 13.1 Å². The van der Waals surface area contributed by atoms with Crippen LogP contribution in [0.1, 0.15) is 22.6 Å². The molecular formula is C11H19ClN2S. The van der Waals surface area contributed by atoms with E-state index in [2.05, 4.69) is 24.0 Å². The molecular weight excluding hydrogens is 228 g/mol. The number of nitrogens with two attached hydrogens (primary N) is 1. The lowest BCUT2D eigenvalue weighted by atomic mass is 10.1. The second-order valence-corrected chi connectivity index (χ2v) is 5.50. The molecule has 0 aromatic carbocycles. The number of hydrogen-bond acceptors (Lipinski definition) is 3. The normalized spacial score (nSPS) is 18.8. The van der Waals surface area contributed by atoms with E-state index < -0.39 is 0 Å². The van der Waals surface area contributed by atoms with Gasteiger partial charge in [0.1, 0.15) is 0 Å². The van der Waals surface area contributed by atoms with Crippen LogP contribution in [0.5, 0.6) is 0 Å². The molecule has 1 aliphatic rings. The highest BCUT2D eigenvalue weighted by atomic mass is 35.5.